The number of rotatable bonds is 4. The summed E-state index contributed by atoms with van der Waals surface area (Å²) in [5.41, 5.74) is 3.65. The van der Waals surface area contributed by atoms with Crippen molar-refractivity contribution >= 4 is 17.3 Å². The summed E-state index contributed by atoms with van der Waals surface area (Å²) in [7, 11) is 3.72. The first-order valence-electron chi connectivity index (χ1n) is 9.36. The van der Waals surface area contributed by atoms with E-state index in [9.17, 15) is 14.7 Å². The first-order chi connectivity index (χ1) is 13.4. The van der Waals surface area contributed by atoms with Crippen molar-refractivity contribution in [2.45, 2.75) is 19.9 Å². The third-order valence-corrected chi connectivity index (χ3v) is 5.16. The molecule has 142 valence electrons. The number of ketones is 2. The minimum Gasteiger partial charge on any atom is -0.494 e. The highest BCUT2D eigenvalue weighted by atomic mass is 16.3. The molecule has 0 radical (unpaired) electrons. The second kappa shape index (κ2) is 6.68. The molecule has 3 aromatic rings. The molecular weight excluding hydrogens is 352 g/mol. The monoisotopic (exact) mass is 374 g/mol. The second-order valence-electron chi connectivity index (χ2n) is 7.27. The number of hydrogen-bond donors (Lipinski definition) is 1. The molecule has 5 nitrogen and oxygen atoms in total. The summed E-state index contributed by atoms with van der Waals surface area (Å²) in [5, 5.41) is 10.6. The van der Waals surface area contributed by atoms with Crippen LogP contribution in [0.4, 0.5) is 5.69 Å². The summed E-state index contributed by atoms with van der Waals surface area (Å²) in [4.78, 5) is 28.5. The summed E-state index contributed by atoms with van der Waals surface area (Å²) < 4.78 is 1.58. The van der Waals surface area contributed by atoms with Crippen molar-refractivity contribution in [3.63, 3.8) is 0 Å². The van der Waals surface area contributed by atoms with E-state index < -0.39 is 0 Å². The Labute approximate surface area is 163 Å². The lowest BCUT2D eigenvalue weighted by atomic mass is 9.83. The SMILES string of the molecule is CCCn1cc2c(c1O)C(=O)c1cc(-c3ccccc3)cc(N(C)C)c1C2=O. The van der Waals surface area contributed by atoms with Gasteiger partial charge in [-0.05, 0) is 29.7 Å². The second-order valence-corrected chi connectivity index (χ2v) is 7.27. The summed E-state index contributed by atoms with van der Waals surface area (Å²) in [5.74, 6) is -0.659. The molecule has 0 fully saturated rings. The van der Waals surface area contributed by atoms with Crippen LogP contribution in [0.15, 0.2) is 48.7 Å². The number of aromatic nitrogens is 1. The average molecular weight is 374 g/mol. The first-order valence-corrected chi connectivity index (χ1v) is 9.36. The average Bonchev–Trinajstić information content (AvgIpc) is 3.03. The van der Waals surface area contributed by atoms with Gasteiger partial charge in [0.15, 0.2) is 11.6 Å². The Hall–Kier alpha value is -3.34. The Kier molecular flexibility index (Phi) is 4.30. The van der Waals surface area contributed by atoms with Crippen molar-refractivity contribution in [3.05, 3.63) is 70.9 Å². The van der Waals surface area contributed by atoms with Gasteiger partial charge in [0, 0.05) is 38.1 Å². The molecule has 2 aromatic carbocycles. The van der Waals surface area contributed by atoms with Crippen LogP contribution in [0.25, 0.3) is 11.1 Å². The van der Waals surface area contributed by atoms with Crippen LogP contribution in [0.3, 0.4) is 0 Å². The molecule has 0 unspecified atom stereocenters. The van der Waals surface area contributed by atoms with Crippen LogP contribution in [0.5, 0.6) is 5.88 Å². The van der Waals surface area contributed by atoms with E-state index in [1.165, 1.54) is 0 Å². The number of carbonyl (C=O) groups excluding carboxylic acids is 2. The smallest absolute Gasteiger partial charge is 0.203 e. The first kappa shape index (κ1) is 18.0. The number of aromatic hydroxyl groups is 1. The third-order valence-electron chi connectivity index (χ3n) is 5.16. The van der Waals surface area contributed by atoms with Gasteiger partial charge in [-0.2, -0.15) is 0 Å². The normalized spacial score (nSPS) is 12.7. The number of anilines is 1. The van der Waals surface area contributed by atoms with Gasteiger partial charge in [-0.25, -0.2) is 0 Å². The van der Waals surface area contributed by atoms with Crippen LogP contribution in [0, 0.1) is 0 Å². The molecule has 0 amide bonds. The number of aryl methyl sites for hydroxylation is 1. The Bertz CT molecular complexity index is 1090. The fourth-order valence-electron chi connectivity index (χ4n) is 3.82. The molecule has 0 spiro atoms. The number of fused-ring (bicyclic) bond motifs is 2. The zero-order valence-electron chi connectivity index (χ0n) is 16.2. The number of benzene rings is 2. The van der Waals surface area contributed by atoms with E-state index >= 15 is 0 Å². The molecule has 0 saturated heterocycles. The largest absolute Gasteiger partial charge is 0.494 e. The number of hydrogen-bond acceptors (Lipinski definition) is 4. The molecule has 0 aliphatic heterocycles. The standard InChI is InChI=1S/C23H22N2O3/c1-4-10-25-13-17-20(23(25)28)21(26)16-11-15(14-8-6-5-7-9-14)12-18(24(2)3)19(16)22(17)27/h5-9,11-13,28H,4,10H2,1-3H3. The molecular formula is C23H22N2O3. The van der Waals surface area contributed by atoms with Crippen molar-refractivity contribution in [1.82, 2.24) is 4.57 Å². The molecule has 1 N–H and O–H groups in total. The molecule has 5 heteroatoms. The molecule has 1 aliphatic rings. The fourth-order valence-corrected chi connectivity index (χ4v) is 3.82. The van der Waals surface area contributed by atoms with Gasteiger partial charge in [0.05, 0.1) is 16.7 Å². The quantitative estimate of drug-likeness (QED) is 0.584. The summed E-state index contributed by atoms with van der Waals surface area (Å²) >= 11 is 0. The van der Waals surface area contributed by atoms with Gasteiger partial charge in [-0.3, -0.25) is 9.59 Å². The maximum atomic E-state index is 13.3. The van der Waals surface area contributed by atoms with Crippen LogP contribution < -0.4 is 4.90 Å². The van der Waals surface area contributed by atoms with Crippen molar-refractivity contribution in [2.24, 2.45) is 0 Å². The highest BCUT2D eigenvalue weighted by molar-refractivity contribution is 6.31. The van der Waals surface area contributed by atoms with Crippen molar-refractivity contribution in [1.29, 1.82) is 0 Å². The fraction of sp³-hybridized carbons (Fsp3) is 0.217. The zero-order chi connectivity index (χ0) is 20.0. The predicted molar refractivity (Wildman–Crippen MR) is 109 cm³/mol. The Morgan fingerprint density at radius 1 is 0.929 bits per heavy atom. The molecule has 1 aliphatic carbocycles. The minimum absolute atomic E-state index is 0.112. The maximum Gasteiger partial charge on any atom is 0.203 e. The summed E-state index contributed by atoms with van der Waals surface area (Å²) in [6.45, 7) is 2.53. The molecule has 1 heterocycles. The van der Waals surface area contributed by atoms with Crippen molar-refractivity contribution in [3.8, 4) is 17.0 Å². The predicted octanol–water partition coefficient (Wildman–Crippen LogP) is 4.11. The lowest BCUT2D eigenvalue weighted by molar-refractivity contribution is 0.0978. The molecule has 1 aromatic heterocycles. The van der Waals surface area contributed by atoms with Crippen LogP contribution in [-0.4, -0.2) is 35.3 Å². The Balaban J connectivity index is 1.98. The van der Waals surface area contributed by atoms with Crippen LogP contribution in [0.1, 0.15) is 45.2 Å². The van der Waals surface area contributed by atoms with Crippen molar-refractivity contribution in [2.75, 3.05) is 19.0 Å². The minimum atomic E-state index is -0.308. The van der Waals surface area contributed by atoms with Gasteiger partial charge in [0.25, 0.3) is 0 Å². The molecule has 28 heavy (non-hydrogen) atoms. The van der Waals surface area contributed by atoms with Crippen LogP contribution in [-0.2, 0) is 6.54 Å². The van der Waals surface area contributed by atoms with E-state index in [1.807, 2.05) is 62.3 Å². The lowest BCUT2D eigenvalue weighted by Crippen LogP contribution is -2.24. The van der Waals surface area contributed by atoms with Gasteiger partial charge in [0.2, 0.25) is 5.88 Å². The highest BCUT2D eigenvalue weighted by Crippen LogP contribution is 2.40. The Morgan fingerprint density at radius 2 is 1.61 bits per heavy atom. The highest BCUT2D eigenvalue weighted by Gasteiger charge is 2.37. The van der Waals surface area contributed by atoms with Crippen LogP contribution in [0.2, 0.25) is 0 Å². The summed E-state index contributed by atoms with van der Waals surface area (Å²) in [6.07, 6.45) is 2.39. The molecule has 0 saturated carbocycles. The molecule has 4 rings (SSSR count). The third kappa shape index (κ3) is 2.62. The van der Waals surface area contributed by atoms with E-state index in [0.29, 0.717) is 23.4 Å². The number of nitrogens with zero attached hydrogens (tertiary/aromatic N) is 2. The van der Waals surface area contributed by atoms with Gasteiger partial charge in [-0.1, -0.05) is 37.3 Å². The van der Waals surface area contributed by atoms with E-state index in [2.05, 4.69) is 0 Å². The van der Waals surface area contributed by atoms with Gasteiger partial charge in [0.1, 0.15) is 0 Å². The van der Waals surface area contributed by atoms with E-state index in [1.54, 1.807) is 16.8 Å². The topological polar surface area (TPSA) is 62.5 Å². The zero-order valence-corrected chi connectivity index (χ0v) is 16.2. The van der Waals surface area contributed by atoms with Crippen LogP contribution >= 0.6 is 0 Å². The number of carbonyl (C=O) groups is 2. The molecule has 0 bridgehead atoms. The summed E-state index contributed by atoms with van der Waals surface area (Å²) in [6, 6.07) is 13.4. The van der Waals surface area contributed by atoms with Gasteiger partial charge in [-0.15, -0.1) is 0 Å². The van der Waals surface area contributed by atoms with Gasteiger partial charge < -0.3 is 14.6 Å². The van der Waals surface area contributed by atoms with Gasteiger partial charge >= 0.3 is 0 Å². The van der Waals surface area contributed by atoms with E-state index in [4.69, 9.17) is 0 Å². The maximum absolute atomic E-state index is 13.3. The van der Waals surface area contributed by atoms with E-state index in [0.717, 1.165) is 17.5 Å². The Morgan fingerprint density at radius 3 is 2.25 bits per heavy atom. The molecule has 0 atom stereocenters. The van der Waals surface area contributed by atoms with E-state index in [-0.39, 0.29) is 28.6 Å². The lowest BCUT2D eigenvalue weighted by Gasteiger charge is -2.23. The van der Waals surface area contributed by atoms with Crippen molar-refractivity contribution < 1.29 is 14.7 Å².